The highest BCUT2D eigenvalue weighted by Crippen LogP contribution is 2.33. The molecule has 3 N–H and O–H groups in total. The van der Waals surface area contributed by atoms with Crippen LogP contribution in [-0.4, -0.2) is 33.3 Å². The molecule has 4 aromatic rings. The molecule has 0 aliphatic carbocycles. The zero-order valence-corrected chi connectivity index (χ0v) is 17.4. The molecule has 2 heterocycles. The van der Waals surface area contributed by atoms with E-state index in [-0.39, 0.29) is 0 Å². The Hall–Kier alpha value is -2.52. The third-order valence-corrected chi connectivity index (χ3v) is 5.63. The molecular weight excluding hydrogens is 431 g/mol. The molecule has 0 saturated heterocycles. The molecule has 0 bridgehead atoms. The first-order valence-corrected chi connectivity index (χ1v) is 10.3. The van der Waals surface area contributed by atoms with Crippen LogP contribution in [0, 0.1) is 0 Å². The molecule has 0 unspecified atom stereocenters. The highest BCUT2D eigenvalue weighted by atomic mass is 35.5. The number of nitrogens with two attached hydrogens (primary N) is 1. The molecule has 2 aromatic carbocycles. The Labute approximate surface area is 180 Å². The molecule has 0 aliphatic heterocycles. The van der Waals surface area contributed by atoms with E-state index in [9.17, 15) is 0 Å². The molecule has 0 atom stereocenters. The number of anilines is 1. The maximum absolute atomic E-state index is 6.26. The summed E-state index contributed by atoms with van der Waals surface area (Å²) < 4.78 is 6.62. The minimum atomic E-state index is 0.365. The van der Waals surface area contributed by atoms with E-state index in [4.69, 9.17) is 33.7 Å². The van der Waals surface area contributed by atoms with Crippen molar-refractivity contribution >= 4 is 50.7 Å². The van der Waals surface area contributed by atoms with Crippen LogP contribution in [0.15, 0.2) is 42.6 Å². The smallest absolute Gasteiger partial charge is 0.243 e. The first kappa shape index (κ1) is 19.8. The number of nitrogens with zero attached hydrogens (tertiary/aromatic N) is 4. The van der Waals surface area contributed by atoms with Crippen molar-refractivity contribution in [2.75, 3.05) is 18.5 Å². The van der Waals surface area contributed by atoms with Crippen molar-refractivity contribution in [2.45, 2.75) is 6.54 Å². The first-order valence-electron chi connectivity index (χ1n) is 8.74. The molecule has 0 radical (unpaired) electrons. The van der Waals surface area contributed by atoms with Crippen molar-refractivity contribution in [1.82, 2.24) is 20.2 Å². The summed E-state index contributed by atoms with van der Waals surface area (Å²) >= 11 is 14.1. The van der Waals surface area contributed by atoms with Gasteiger partial charge in [0.2, 0.25) is 5.95 Å². The zero-order valence-electron chi connectivity index (χ0n) is 15.1. The van der Waals surface area contributed by atoms with Crippen molar-refractivity contribution < 1.29 is 4.74 Å². The quantitative estimate of drug-likeness (QED) is 0.433. The Morgan fingerprint density at radius 2 is 1.93 bits per heavy atom. The number of thiazole rings is 1. The van der Waals surface area contributed by atoms with Crippen molar-refractivity contribution in [3.63, 3.8) is 0 Å². The Morgan fingerprint density at radius 1 is 1.10 bits per heavy atom. The van der Waals surface area contributed by atoms with E-state index in [0.29, 0.717) is 46.9 Å². The minimum Gasteiger partial charge on any atom is -0.492 e. The van der Waals surface area contributed by atoms with Gasteiger partial charge in [0.15, 0.2) is 0 Å². The van der Waals surface area contributed by atoms with Crippen molar-refractivity contribution in [3.05, 3.63) is 57.6 Å². The Bertz CT molecular complexity index is 1130. The second-order valence-electron chi connectivity index (χ2n) is 5.99. The fraction of sp³-hybridized carbons (Fsp3) is 0.158. The summed E-state index contributed by atoms with van der Waals surface area (Å²) in [5.41, 5.74) is 7.52. The second-order valence-corrected chi connectivity index (χ2v) is 7.92. The fourth-order valence-electron chi connectivity index (χ4n) is 2.69. The van der Waals surface area contributed by atoms with Crippen LogP contribution >= 0.6 is 34.5 Å². The van der Waals surface area contributed by atoms with Crippen LogP contribution in [0.2, 0.25) is 10.0 Å². The van der Waals surface area contributed by atoms with Crippen molar-refractivity contribution in [2.24, 2.45) is 5.73 Å². The summed E-state index contributed by atoms with van der Waals surface area (Å²) in [5, 5.41) is 13.1. The maximum atomic E-state index is 6.26. The molecule has 2 aromatic heterocycles. The number of fused-ring (bicyclic) bond motifs is 1. The van der Waals surface area contributed by atoms with Gasteiger partial charge in [-0.1, -0.05) is 29.3 Å². The Kier molecular flexibility index (Phi) is 6.05. The van der Waals surface area contributed by atoms with Gasteiger partial charge < -0.3 is 15.8 Å². The zero-order chi connectivity index (χ0) is 20.2. The van der Waals surface area contributed by atoms with E-state index < -0.39 is 0 Å². The van der Waals surface area contributed by atoms with Crippen LogP contribution in [0.25, 0.3) is 21.5 Å². The van der Waals surface area contributed by atoms with E-state index in [0.717, 1.165) is 21.0 Å². The monoisotopic (exact) mass is 446 g/mol. The van der Waals surface area contributed by atoms with E-state index in [1.54, 1.807) is 29.5 Å². The number of halogens is 2. The predicted molar refractivity (Wildman–Crippen MR) is 117 cm³/mol. The second kappa shape index (κ2) is 8.87. The predicted octanol–water partition coefficient (Wildman–Crippen LogP) is 4.40. The number of aromatic nitrogens is 4. The lowest BCUT2D eigenvalue weighted by atomic mass is 10.1. The molecule has 0 amide bonds. The number of ether oxygens (including phenoxy) is 1. The summed E-state index contributed by atoms with van der Waals surface area (Å²) in [6.45, 7) is 1.40. The molecule has 7 nitrogen and oxygen atoms in total. The fourth-order valence-corrected chi connectivity index (χ4v) is 4.17. The first-order chi connectivity index (χ1) is 14.1. The standard InChI is InChI=1S/C19H16Cl2N6OS/c20-12-2-1-3-13(21)18(12)15-9-24-27-19(26-15)23-10-17-25-14-8-11(28-7-6-22)4-5-16(14)29-17/h1-5,8-9H,6-7,10,22H2,(H,23,26,27). The Morgan fingerprint density at radius 3 is 2.72 bits per heavy atom. The minimum absolute atomic E-state index is 0.365. The number of benzene rings is 2. The molecule has 10 heteroatoms. The molecule has 4 rings (SSSR count). The number of hydrogen-bond acceptors (Lipinski definition) is 8. The van der Waals surface area contributed by atoms with Crippen LogP contribution in [0.4, 0.5) is 5.95 Å². The molecular formula is C19H16Cl2N6OS. The topological polar surface area (TPSA) is 98.8 Å². The van der Waals surface area contributed by atoms with Gasteiger partial charge in [-0.05, 0) is 24.3 Å². The Balaban J connectivity index is 1.50. The lowest BCUT2D eigenvalue weighted by Crippen LogP contribution is -2.10. The summed E-state index contributed by atoms with van der Waals surface area (Å²) in [6, 6.07) is 11.1. The highest BCUT2D eigenvalue weighted by molar-refractivity contribution is 7.18. The highest BCUT2D eigenvalue weighted by Gasteiger charge is 2.12. The van der Waals surface area contributed by atoms with Gasteiger partial charge in [-0.2, -0.15) is 5.10 Å². The molecule has 0 aliphatic rings. The maximum Gasteiger partial charge on any atom is 0.243 e. The van der Waals surface area contributed by atoms with Gasteiger partial charge in [0.05, 0.1) is 38.7 Å². The van der Waals surface area contributed by atoms with Gasteiger partial charge in [0, 0.05) is 18.2 Å². The van der Waals surface area contributed by atoms with Crippen LogP contribution < -0.4 is 15.8 Å². The average molecular weight is 447 g/mol. The van der Waals surface area contributed by atoms with E-state index in [1.807, 2.05) is 18.2 Å². The van der Waals surface area contributed by atoms with Gasteiger partial charge in [-0.3, -0.25) is 0 Å². The van der Waals surface area contributed by atoms with Crippen LogP contribution in [0.3, 0.4) is 0 Å². The van der Waals surface area contributed by atoms with Gasteiger partial charge in [-0.15, -0.1) is 16.4 Å². The van der Waals surface area contributed by atoms with Crippen LogP contribution in [0.5, 0.6) is 5.75 Å². The van der Waals surface area contributed by atoms with Crippen molar-refractivity contribution in [1.29, 1.82) is 0 Å². The average Bonchev–Trinajstić information content (AvgIpc) is 3.13. The number of hydrogen-bond donors (Lipinski definition) is 2. The largest absolute Gasteiger partial charge is 0.492 e. The van der Waals surface area contributed by atoms with E-state index >= 15 is 0 Å². The van der Waals surface area contributed by atoms with Crippen LogP contribution in [-0.2, 0) is 6.54 Å². The SMILES string of the molecule is NCCOc1ccc2sc(CNc3nncc(-c4c(Cl)cccc4Cl)n3)nc2c1. The van der Waals surface area contributed by atoms with E-state index in [1.165, 1.54) is 6.20 Å². The van der Waals surface area contributed by atoms with Crippen molar-refractivity contribution in [3.8, 4) is 17.0 Å². The molecule has 148 valence electrons. The lowest BCUT2D eigenvalue weighted by molar-refractivity contribution is 0.329. The van der Waals surface area contributed by atoms with Gasteiger partial charge in [-0.25, -0.2) is 9.97 Å². The molecule has 0 spiro atoms. The lowest BCUT2D eigenvalue weighted by Gasteiger charge is -2.07. The third-order valence-electron chi connectivity index (χ3n) is 3.97. The molecule has 29 heavy (non-hydrogen) atoms. The summed E-state index contributed by atoms with van der Waals surface area (Å²) in [6.07, 6.45) is 1.53. The van der Waals surface area contributed by atoms with Crippen LogP contribution in [0.1, 0.15) is 5.01 Å². The normalized spacial score (nSPS) is 11.0. The summed E-state index contributed by atoms with van der Waals surface area (Å²) in [7, 11) is 0. The number of nitrogens with one attached hydrogen (secondary N) is 1. The third kappa shape index (κ3) is 4.56. The summed E-state index contributed by atoms with van der Waals surface area (Å²) in [5.74, 6) is 1.12. The molecule has 0 saturated carbocycles. The molecule has 0 fully saturated rings. The van der Waals surface area contributed by atoms with Gasteiger partial charge in [0.1, 0.15) is 17.4 Å². The number of rotatable bonds is 7. The summed E-state index contributed by atoms with van der Waals surface area (Å²) in [4.78, 5) is 9.10. The van der Waals surface area contributed by atoms with Gasteiger partial charge in [0.25, 0.3) is 0 Å². The van der Waals surface area contributed by atoms with Gasteiger partial charge >= 0.3 is 0 Å². The van der Waals surface area contributed by atoms with E-state index in [2.05, 4.69) is 25.5 Å².